The van der Waals surface area contributed by atoms with E-state index in [1.807, 2.05) is 24.2 Å². The number of pyridine rings is 1. The molecule has 1 aliphatic rings. The Morgan fingerprint density at radius 1 is 1.14 bits per heavy atom. The molecule has 3 rings (SSSR count). The fourth-order valence-electron chi connectivity index (χ4n) is 2.73. The lowest BCUT2D eigenvalue weighted by molar-refractivity contribution is 0.886. The minimum atomic E-state index is 0.828. The summed E-state index contributed by atoms with van der Waals surface area (Å²) in [4.78, 5) is 5.58. The first kappa shape index (κ1) is 14.5. The van der Waals surface area contributed by atoms with Crippen LogP contribution >= 0.6 is 11.8 Å². The maximum Gasteiger partial charge on any atom is 0.0418 e. The standard InChI is InChI=1S/C18H22N2S/c1-14-10-11-19-12-15(14)13-20-16-6-8-18(9-7-16)21-17-4-2-3-5-17/h6-12,17,20H,2-5,13H2,1H3. The quantitative estimate of drug-likeness (QED) is 0.837. The van der Waals surface area contributed by atoms with Gasteiger partial charge in [-0.1, -0.05) is 12.8 Å². The molecule has 0 radical (unpaired) electrons. The van der Waals surface area contributed by atoms with Crippen LogP contribution in [0.1, 0.15) is 36.8 Å². The van der Waals surface area contributed by atoms with Gasteiger partial charge in [0.2, 0.25) is 0 Å². The molecular formula is C18H22N2S. The Morgan fingerprint density at radius 2 is 1.90 bits per heavy atom. The lowest BCUT2D eigenvalue weighted by atomic mass is 10.1. The lowest BCUT2D eigenvalue weighted by Gasteiger charge is -2.11. The molecule has 0 saturated heterocycles. The van der Waals surface area contributed by atoms with Crippen molar-refractivity contribution in [1.29, 1.82) is 0 Å². The molecule has 1 aliphatic carbocycles. The molecule has 2 nitrogen and oxygen atoms in total. The predicted octanol–water partition coefficient (Wildman–Crippen LogP) is 5.04. The van der Waals surface area contributed by atoms with E-state index in [1.54, 1.807) is 0 Å². The first-order valence-electron chi connectivity index (χ1n) is 7.71. The van der Waals surface area contributed by atoms with E-state index in [0.717, 1.165) is 11.8 Å². The van der Waals surface area contributed by atoms with Crippen molar-refractivity contribution in [1.82, 2.24) is 4.98 Å². The minimum absolute atomic E-state index is 0.828. The number of nitrogens with zero attached hydrogens (tertiary/aromatic N) is 1. The van der Waals surface area contributed by atoms with Gasteiger partial charge in [-0.15, -0.1) is 11.8 Å². The van der Waals surface area contributed by atoms with Crippen LogP contribution in [0.3, 0.4) is 0 Å². The lowest BCUT2D eigenvalue weighted by Crippen LogP contribution is -2.01. The third kappa shape index (κ3) is 4.01. The molecule has 0 atom stereocenters. The Labute approximate surface area is 131 Å². The van der Waals surface area contributed by atoms with Crippen molar-refractivity contribution in [2.75, 3.05) is 5.32 Å². The number of thioether (sulfide) groups is 1. The average Bonchev–Trinajstić information content (AvgIpc) is 3.01. The third-order valence-corrected chi connectivity index (χ3v) is 5.44. The van der Waals surface area contributed by atoms with Crippen molar-refractivity contribution < 1.29 is 0 Å². The Morgan fingerprint density at radius 3 is 2.62 bits per heavy atom. The van der Waals surface area contributed by atoms with Crippen LogP contribution in [0.2, 0.25) is 0 Å². The first-order valence-corrected chi connectivity index (χ1v) is 8.59. The fourth-order valence-corrected chi connectivity index (χ4v) is 3.98. The molecule has 3 heteroatoms. The van der Waals surface area contributed by atoms with Gasteiger partial charge in [-0.2, -0.15) is 0 Å². The largest absolute Gasteiger partial charge is 0.381 e. The highest BCUT2D eigenvalue weighted by Crippen LogP contribution is 2.34. The fraction of sp³-hybridized carbons (Fsp3) is 0.389. The zero-order chi connectivity index (χ0) is 14.5. The summed E-state index contributed by atoms with van der Waals surface area (Å²) in [5.41, 5.74) is 3.71. The number of hydrogen-bond donors (Lipinski definition) is 1. The normalized spacial score (nSPS) is 15.3. The molecule has 0 amide bonds. The van der Waals surface area contributed by atoms with Gasteiger partial charge in [-0.05, 0) is 61.2 Å². The van der Waals surface area contributed by atoms with Crippen molar-refractivity contribution in [2.45, 2.75) is 49.3 Å². The second kappa shape index (κ2) is 6.99. The van der Waals surface area contributed by atoms with Crippen LogP contribution in [-0.2, 0) is 6.54 Å². The van der Waals surface area contributed by atoms with E-state index in [1.165, 1.54) is 47.4 Å². The molecule has 1 fully saturated rings. The van der Waals surface area contributed by atoms with Crippen LogP contribution in [0, 0.1) is 6.92 Å². The van der Waals surface area contributed by atoms with E-state index in [-0.39, 0.29) is 0 Å². The van der Waals surface area contributed by atoms with Crippen molar-refractivity contribution >= 4 is 17.4 Å². The van der Waals surface area contributed by atoms with Gasteiger partial charge in [-0.25, -0.2) is 0 Å². The van der Waals surface area contributed by atoms with Crippen LogP contribution in [-0.4, -0.2) is 10.2 Å². The van der Waals surface area contributed by atoms with Gasteiger partial charge in [0.25, 0.3) is 0 Å². The summed E-state index contributed by atoms with van der Waals surface area (Å²) in [5.74, 6) is 0. The van der Waals surface area contributed by atoms with Gasteiger partial charge >= 0.3 is 0 Å². The Bertz CT molecular complexity index is 574. The summed E-state index contributed by atoms with van der Waals surface area (Å²) in [6, 6.07) is 10.9. The Hall–Kier alpha value is -1.48. The Kier molecular flexibility index (Phi) is 4.81. The van der Waals surface area contributed by atoms with E-state index < -0.39 is 0 Å². The van der Waals surface area contributed by atoms with E-state index in [2.05, 4.69) is 47.6 Å². The van der Waals surface area contributed by atoms with E-state index >= 15 is 0 Å². The highest BCUT2D eigenvalue weighted by Gasteiger charge is 2.15. The molecule has 2 aromatic rings. The summed E-state index contributed by atoms with van der Waals surface area (Å²) in [6.07, 6.45) is 9.35. The zero-order valence-corrected chi connectivity index (χ0v) is 13.3. The monoisotopic (exact) mass is 298 g/mol. The Balaban J connectivity index is 1.55. The van der Waals surface area contributed by atoms with E-state index in [0.29, 0.717) is 0 Å². The van der Waals surface area contributed by atoms with Crippen LogP contribution in [0.25, 0.3) is 0 Å². The van der Waals surface area contributed by atoms with Crippen LogP contribution in [0.4, 0.5) is 5.69 Å². The molecule has 1 heterocycles. The minimum Gasteiger partial charge on any atom is -0.381 e. The second-order valence-electron chi connectivity index (χ2n) is 5.70. The molecule has 1 aromatic carbocycles. The maximum atomic E-state index is 4.19. The number of rotatable bonds is 5. The number of nitrogens with one attached hydrogen (secondary N) is 1. The topological polar surface area (TPSA) is 24.9 Å². The molecule has 0 spiro atoms. The molecule has 1 saturated carbocycles. The molecular weight excluding hydrogens is 276 g/mol. The number of hydrogen-bond acceptors (Lipinski definition) is 3. The molecule has 110 valence electrons. The molecule has 1 N–H and O–H groups in total. The summed E-state index contributed by atoms with van der Waals surface area (Å²) >= 11 is 2.04. The second-order valence-corrected chi connectivity index (χ2v) is 7.08. The van der Waals surface area contributed by atoms with Gasteiger partial charge in [0, 0.05) is 34.8 Å². The van der Waals surface area contributed by atoms with Gasteiger partial charge in [0.15, 0.2) is 0 Å². The summed E-state index contributed by atoms with van der Waals surface area (Å²) in [6.45, 7) is 2.95. The number of benzene rings is 1. The smallest absolute Gasteiger partial charge is 0.0418 e. The van der Waals surface area contributed by atoms with Gasteiger partial charge < -0.3 is 5.32 Å². The van der Waals surface area contributed by atoms with E-state index in [9.17, 15) is 0 Å². The van der Waals surface area contributed by atoms with Crippen molar-refractivity contribution in [3.05, 3.63) is 53.9 Å². The highest BCUT2D eigenvalue weighted by atomic mass is 32.2. The maximum absolute atomic E-state index is 4.19. The van der Waals surface area contributed by atoms with Gasteiger partial charge in [0.1, 0.15) is 0 Å². The van der Waals surface area contributed by atoms with E-state index in [4.69, 9.17) is 0 Å². The van der Waals surface area contributed by atoms with Crippen molar-refractivity contribution in [3.63, 3.8) is 0 Å². The van der Waals surface area contributed by atoms with Gasteiger partial charge in [0.05, 0.1) is 0 Å². The number of anilines is 1. The van der Waals surface area contributed by atoms with Gasteiger partial charge in [-0.3, -0.25) is 4.98 Å². The average molecular weight is 298 g/mol. The van der Waals surface area contributed by atoms with Crippen molar-refractivity contribution in [3.8, 4) is 0 Å². The van der Waals surface area contributed by atoms with Crippen LogP contribution in [0.15, 0.2) is 47.6 Å². The summed E-state index contributed by atoms with van der Waals surface area (Å²) < 4.78 is 0. The highest BCUT2D eigenvalue weighted by molar-refractivity contribution is 8.00. The summed E-state index contributed by atoms with van der Waals surface area (Å²) in [7, 11) is 0. The summed E-state index contributed by atoms with van der Waals surface area (Å²) in [5, 5.41) is 4.31. The first-order chi connectivity index (χ1) is 10.3. The van der Waals surface area contributed by atoms with Crippen LogP contribution in [0.5, 0.6) is 0 Å². The van der Waals surface area contributed by atoms with Crippen LogP contribution < -0.4 is 5.32 Å². The zero-order valence-electron chi connectivity index (χ0n) is 12.5. The number of aryl methyl sites for hydroxylation is 1. The molecule has 0 unspecified atom stereocenters. The molecule has 0 aliphatic heterocycles. The third-order valence-electron chi connectivity index (χ3n) is 4.09. The molecule has 0 bridgehead atoms. The predicted molar refractivity (Wildman–Crippen MR) is 90.9 cm³/mol. The molecule has 1 aromatic heterocycles. The number of aromatic nitrogens is 1. The molecule has 21 heavy (non-hydrogen) atoms. The van der Waals surface area contributed by atoms with Crippen molar-refractivity contribution in [2.24, 2.45) is 0 Å². The SMILES string of the molecule is Cc1ccncc1CNc1ccc(SC2CCCC2)cc1.